The largest absolute Gasteiger partial charge is 0.342 e. The summed E-state index contributed by atoms with van der Waals surface area (Å²) >= 11 is 0. The van der Waals surface area contributed by atoms with Gasteiger partial charge in [-0.05, 0) is 25.3 Å². The van der Waals surface area contributed by atoms with E-state index in [0.29, 0.717) is 18.5 Å². The minimum Gasteiger partial charge on any atom is -0.342 e. The van der Waals surface area contributed by atoms with Gasteiger partial charge in [0.25, 0.3) is 0 Å². The number of rotatable bonds is 5. The van der Waals surface area contributed by atoms with Gasteiger partial charge in [0.1, 0.15) is 0 Å². The van der Waals surface area contributed by atoms with Crippen LogP contribution in [0.1, 0.15) is 43.2 Å². The lowest BCUT2D eigenvalue weighted by atomic mass is 9.94. The van der Waals surface area contributed by atoms with Crippen LogP contribution >= 0.6 is 0 Å². The Bertz CT molecular complexity index is 543. The van der Waals surface area contributed by atoms with Crippen molar-refractivity contribution < 1.29 is 4.79 Å². The summed E-state index contributed by atoms with van der Waals surface area (Å²) in [5, 5.41) is 0. The molecule has 0 spiro atoms. The molecule has 1 amide bonds. The SMILES string of the molecule is Cc1ccc(CN2CCN(CC(=O)N(C)C3CCCCC3)CC2)cc1. The molecule has 1 aliphatic carbocycles. The average Bonchev–Trinajstić information content (AvgIpc) is 2.65. The number of carbonyl (C=O) groups excluding carboxylic acids is 1. The molecule has 1 aromatic carbocycles. The molecule has 0 atom stereocenters. The zero-order chi connectivity index (χ0) is 17.6. The average molecular weight is 344 g/mol. The van der Waals surface area contributed by atoms with E-state index in [1.165, 1.54) is 43.2 Å². The number of aryl methyl sites for hydroxylation is 1. The van der Waals surface area contributed by atoms with Gasteiger partial charge in [-0.25, -0.2) is 0 Å². The molecule has 25 heavy (non-hydrogen) atoms. The van der Waals surface area contributed by atoms with Crippen LogP contribution in [0.15, 0.2) is 24.3 Å². The fourth-order valence-electron chi connectivity index (χ4n) is 4.03. The van der Waals surface area contributed by atoms with Crippen molar-refractivity contribution in [3.05, 3.63) is 35.4 Å². The lowest BCUT2D eigenvalue weighted by molar-refractivity contribution is -0.134. The highest BCUT2D eigenvalue weighted by Gasteiger charge is 2.25. The smallest absolute Gasteiger partial charge is 0.236 e. The van der Waals surface area contributed by atoms with E-state index < -0.39 is 0 Å². The maximum atomic E-state index is 12.6. The molecular formula is C21H33N3O. The second-order valence-corrected chi connectivity index (χ2v) is 7.83. The second kappa shape index (κ2) is 8.81. The van der Waals surface area contributed by atoms with Gasteiger partial charge in [0.15, 0.2) is 0 Å². The van der Waals surface area contributed by atoms with Crippen molar-refractivity contribution in [3.8, 4) is 0 Å². The molecule has 0 bridgehead atoms. The topological polar surface area (TPSA) is 26.8 Å². The van der Waals surface area contributed by atoms with Crippen LogP contribution in [0.5, 0.6) is 0 Å². The second-order valence-electron chi connectivity index (χ2n) is 7.83. The van der Waals surface area contributed by atoms with Crippen LogP contribution in [-0.2, 0) is 11.3 Å². The van der Waals surface area contributed by atoms with E-state index in [1.807, 2.05) is 11.9 Å². The van der Waals surface area contributed by atoms with Crippen molar-refractivity contribution in [3.63, 3.8) is 0 Å². The highest BCUT2D eigenvalue weighted by atomic mass is 16.2. The Balaban J connectivity index is 1.41. The van der Waals surface area contributed by atoms with Crippen LogP contribution in [0.3, 0.4) is 0 Å². The molecule has 2 aliphatic rings. The van der Waals surface area contributed by atoms with Gasteiger partial charge < -0.3 is 4.90 Å². The summed E-state index contributed by atoms with van der Waals surface area (Å²) in [6, 6.07) is 9.30. The summed E-state index contributed by atoms with van der Waals surface area (Å²) in [6.45, 7) is 7.83. The minimum absolute atomic E-state index is 0.305. The molecule has 1 aliphatic heterocycles. The third-order valence-corrected chi connectivity index (χ3v) is 5.87. The Morgan fingerprint density at radius 1 is 1.00 bits per heavy atom. The van der Waals surface area contributed by atoms with E-state index in [-0.39, 0.29) is 0 Å². The molecule has 4 heteroatoms. The molecule has 1 heterocycles. The molecule has 0 aromatic heterocycles. The Labute approximate surface area is 152 Å². The number of amides is 1. The first-order valence-electron chi connectivity index (χ1n) is 9.88. The Morgan fingerprint density at radius 3 is 2.24 bits per heavy atom. The minimum atomic E-state index is 0.305. The molecule has 0 unspecified atom stereocenters. The van der Waals surface area contributed by atoms with Gasteiger partial charge in [0.05, 0.1) is 6.54 Å². The Morgan fingerprint density at radius 2 is 1.60 bits per heavy atom. The zero-order valence-corrected chi connectivity index (χ0v) is 15.9. The van der Waals surface area contributed by atoms with E-state index in [9.17, 15) is 4.79 Å². The molecule has 1 saturated heterocycles. The predicted octanol–water partition coefficient (Wildman–Crippen LogP) is 2.90. The summed E-state index contributed by atoms with van der Waals surface area (Å²) in [7, 11) is 2.01. The van der Waals surface area contributed by atoms with Crippen molar-refractivity contribution in [1.82, 2.24) is 14.7 Å². The van der Waals surface area contributed by atoms with E-state index >= 15 is 0 Å². The molecule has 2 fully saturated rings. The number of hydrogen-bond acceptors (Lipinski definition) is 3. The van der Waals surface area contributed by atoms with E-state index in [2.05, 4.69) is 41.0 Å². The normalized spacial score (nSPS) is 20.6. The Kier molecular flexibility index (Phi) is 6.49. The van der Waals surface area contributed by atoms with Gasteiger partial charge in [0, 0.05) is 45.8 Å². The zero-order valence-electron chi connectivity index (χ0n) is 15.9. The first-order valence-corrected chi connectivity index (χ1v) is 9.88. The standard InChI is InChI=1S/C21H33N3O/c1-18-8-10-19(11-9-18)16-23-12-14-24(15-13-23)17-21(25)22(2)20-6-4-3-5-7-20/h8-11,20H,3-7,12-17H2,1-2H3. The van der Waals surface area contributed by atoms with Crippen LogP contribution in [0.2, 0.25) is 0 Å². The van der Waals surface area contributed by atoms with Gasteiger partial charge in [-0.2, -0.15) is 0 Å². The fourth-order valence-corrected chi connectivity index (χ4v) is 4.03. The molecule has 1 saturated carbocycles. The molecular weight excluding hydrogens is 310 g/mol. The summed E-state index contributed by atoms with van der Waals surface area (Å²) in [4.78, 5) is 19.4. The van der Waals surface area contributed by atoms with Crippen molar-refractivity contribution in [2.75, 3.05) is 39.8 Å². The lowest BCUT2D eigenvalue weighted by Crippen LogP contribution is -2.50. The van der Waals surface area contributed by atoms with E-state index in [4.69, 9.17) is 0 Å². The van der Waals surface area contributed by atoms with E-state index in [0.717, 1.165) is 32.7 Å². The van der Waals surface area contributed by atoms with Crippen LogP contribution in [0.25, 0.3) is 0 Å². The van der Waals surface area contributed by atoms with Crippen molar-refractivity contribution in [1.29, 1.82) is 0 Å². The van der Waals surface area contributed by atoms with Crippen LogP contribution in [-0.4, -0.2) is 66.4 Å². The summed E-state index contributed by atoms with van der Waals surface area (Å²) in [5.74, 6) is 0.305. The van der Waals surface area contributed by atoms with Crippen LogP contribution in [0.4, 0.5) is 0 Å². The molecule has 138 valence electrons. The predicted molar refractivity (Wildman–Crippen MR) is 103 cm³/mol. The van der Waals surface area contributed by atoms with E-state index in [1.54, 1.807) is 0 Å². The summed E-state index contributed by atoms with van der Waals surface area (Å²) < 4.78 is 0. The maximum Gasteiger partial charge on any atom is 0.236 e. The lowest BCUT2D eigenvalue weighted by Gasteiger charge is -2.37. The first kappa shape index (κ1) is 18.4. The first-order chi connectivity index (χ1) is 12.1. The highest BCUT2D eigenvalue weighted by Crippen LogP contribution is 2.21. The maximum absolute atomic E-state index is 12.6. The van der Waals surface area contributed by atoms with Crippen LogP contribution < -0.4 is 0 Å². The van der Waals surface area contributed by atoms with Crippen molar-refractivity contribution in [2.24, 2.45) is 0 Å². The molecule has 4 nitrogen and oxygen atoms in total. The van der Waals surface area contributed by atoms with Gasteiger partial charge in [-0.1, -0.05) is 49.1 Å². The van der Waals surface area contributed by atoms with Gasteiger partial charge >= 0.3 is 0 Å². The van der Waals surface area contributed by atoms with Gasteiger partial charge in [-0.15, -0.1) is 0 Å². The van der Waals surface area contributed by atoms with Crippen LogP contribution in [0, 0.1) is 6.92 Å². The van der Waals surface area contributed by atoms with Gasteiger partial charge in [0.2, 0.25) is 5.91 Å². The number of likely N-dealkylation sites (N-methyl/N-ethyl adjacent to an activating group) is 1. The molecule has 3 rings (SSSR count). The van der Waals surface area contributed by atoms with Crippen molar-refractivity contribution >= 4 is 5.91 Å². The quantitative estimate of drug-likeness (QED) is 0.822. The van der Waals surface area contributed by atoms with Crippen molar-refractivity contribution in [2.45, 2.75) is 51.6 Å². The number of hydrogen-bond donors (Lipinski definition) is 0. The highest BCUT2D eigenvalue weighted by molar-refractivity contribution is 5.78. The molecule has 0 N–H and O–H groups in total. The third kappa shape index (κ3) is 5.29. The number of carbonyl (C=O) groups is 1. The third-order valence-electron chi connectivity index (χ3n) is 5.87. The summed E-state index contributed by atoms with van der Waals surface area (Å²) in [6.07, 6.45) is 6.26. The Hall–Kier alpha value is -1.39. The monoisotopic (exact) mass is 343 g/mol. The number of benzene rings is 1. The molecule has 0 radical (unpaired) electrons. The number of piperazine rings is 1. The molecule has 1 aromatic rings. The summed E-state index contributed by atoms with van der Waals surface area (Å²) in [5.41, 5.74) is 2.70. The number of nitrogens with zero attached hydrogens (tertiary/aromatic N) is 3. The van der Waals surface area contributed by atoms with Gasteiger partial charge in [-0.3, -0.25) is 14.6 Å². The fraction of sp³-hybridized carbons (Fsp3) is 0.667.